The van der Waals surface area contributed by atoms with Gasteiger partial charge in [0, 0.05) is 24.5 Å². The molecule has 0 radical (unpaired) electrons. The number of urea groups is 1. The van der Waals surface area contributed by atoms with Gasteiger partial charge < -0.3 is 19.7 Å². The van der Waals surface area contributed by atoms with Crippen molar-refractivity contribution in [1.82, 2.24) is 25.3 Å². The van der Waals surface area contributed by atoms with Crippen LogP contribution >= 0.6 is 0 Å². The Balaban J connectivity index is 1.77. The van der Waals surface area contributed by atoms with Gasteiger partial charge in [0.25, 0.3) is 0 Å². The van der Waals surface area contributed by atoms with Crippen molar-refractivity contribution in [2.75, 3.05) is 6.54 Å². The van der Waals surface area contributed by atoms with E-state index in [4.69, 9.17) is 4.52 Å². The van der Waals surface area contributed by atoms with E-state index in [-0.39, 0.29) is 18.1 Å². The van der Waals surface area contributed by atoms with Crippen LogP contribution in [0.1, 0.15) is 67.5 Å². The van der Waals surface area contributed by atoms with Gasteiger partial charge in [-0.3, -0.25) is 0 Å². The average molecular weight is 331 g/mol. The zero-order chi connectivity index (χ0) is 17.1. The van der Waals surface area contributed by atoms with Crippen LogP contribution in [0.4, 0.5) is 4.79 Å². The quantitative estimate of drug-likeness (QED) is 0.899. The van der Waals surface area contributed by atoms with E-state index in [2.05, 4.69) is 27.4 Å². The molecule has 1 fully saturated rings. The second kappa shape index (κ2) is 7.07. The number of nitrogens with one attached hydrogen (secondary N) is 2. The Morgan fingerprint density at radius 1 is 1.50 bits per heavy atom. The minimum absolute atomic E-state index is 0.0101. The van der Waals surface area contributed by atoms with Crippen LogP contribution < -0.4 is 5.32 Å². The molecule has 0 aliphatic carbocycles. The van der Waals surface area contributed by atoms with Crippen LogP contribution in [0.15, 0.2) is 16.9 Å². The number of nitrogens with zero attached hydrogens (tertiary/aromatic N) is 3. The van der Waals surface area contributed by atoms with Crippen LogP contribution in [0.2, 0.25) is 0 Å². The van der Waals surface area contributed by atoms with E-state index in [0.717, 1.165) is 55.1 Å². The highest BCUT2D eigenvalue weighted by Crippen LogP contribution is 2.30. The number of aromatic nitrogens is 3. The van der Waals surface area contributed by atoms with Crippen LogP contribution in [0.25, 0.3) is 0 Å². The van der Waals surface area contributed by atoms with Crippen LogP contribution in [-0.4, -0.2) is 32.6 Å². The maximum atomic E-state index is 12.9. The van der Waals surface area contributed by atoms with Crippen molar-refractivity contribution < 1.29 is 9.32 Å². The summed E-state index contributed by atoms with van der Waals surface area (Å²) in [6, 6.07) is -0.137. The lowest BCUT2D eigenvalue weighted by Crippen LogP contribution is -2.46. The summed E-state index contributed by atoms with van der Waals surface area (Å²) in [4.78, 5) is 22.3. The molecule has 0 unspecified atom stereocenters. The largest absolute Gasteiger partial charge is 0.361 e. The summed E-state index contributed by atoms with van der Waals surface area (Å²) >= 11 is 0. The number of aryl methyl sites for hydroxylation is 2. The predicted octanol–water partition coefficient (Wildman–Crippen LogP) is 3.40. The van der Waals surface area contributed by atoms with E-state index in [1.807, 2.05) is 18.7 Å². The molecule has 0 aromatic carbocycles. The lowest BCUT2D eigenvalue weighted by Gasteiger charge is -2.35. The van der Waals surface area contributed by atoms with Crippen molar-refractivity contribution in [1.29, 1.82) is 0 Å². The van der Waals surface area contributed by atoms with Gasteiger partial charge in [0.05, 0.1) is 17.8 Å². The summed E-state index contributed by atoms with van der Waals surface area (Å²) in [5.74, 6) is 1.62. The van der Waals surface area contributed by atoms with E-state index >= 15 is 0 Å². The monoisotopic (exact) mass is 331 g/mol. The molecule has 2 atom stereocenters. The SMILES string of the molecule is CC[C@H](NC(=O)N1CCCC[C@H]1c1ncc[nH]1)c1c(C)noc1C. The van der Waals surface area contributed by atoms with Crippen molar-refractivity contribution in [2.24, 2.45) is 0 Å². The fourth-order valence-electron chi connectivity index (χ4n) is 3.52. The minimum Gasteiger partial charge on any atom is -0.361 e. The van der Waals surface area contributed by atoms with Gasteiger partial charge in [-0.25, -0.2) is 9.78 Å². The molecule has 0 spiro atoms. The smallest absolute Gasteiger partial charge is 0.318 e. The molecule has 1 aliphatic rings. The summed E-state index contributed by atoms with van der Waals surface area (Å²) in [6.07, 6.45) is 7.39. The van der Waals surface area contributed by atoms with Crippen molar-refractivity contribution in [3.63, 3.8) is 0 Å². The fourth-order valence-corrected chi connectivity index (χ4v) is 3.52. The minimum atomic E-state index is -0.0945. The molecule has 24 heavy (non-hydrogen) atoms. The number of imidazole rings is 1. The van der Waals surface area contributed by atoms with Gasteiger partial charge in [-0.1, -0.05) is 12.1 Å². The molecule has 2 aromatic heterocycles. The molecule has 3 rings (SSSR count). The third kappa shape index (κ3) is 3.16. The Hall–Kier alpha value is -2.31. The number of hydrogen-bond donors (Lipinski definition) is 2. The van der Waals surface area contributed by atoms with Crippen molar-refractivity contribution in [3.05, 3.63) is 35.2 Å². The highest BCUT2D eigenvalue weighted by Gasteiger charge is 2.31. The lowest BCUT2D eigenvalue weighted by atomic mass is 10.0. The summed E-state index contributed by atoms with van der Waals surface area (Å²) in [5.41, 5.74) is 1.82. The Morgan fingerprint density at radius 3 is 2.96 bits per heavy atom. The molecule has 1 aliphatic heterocycles. The third-order valence-electron chi connectivity index (χ3n) is 4.74. The normalized spacial score (nSPS) is 19.3. The van der Waals surface area contributed by atoms with Gasteiger partial charge in [0.15, 0.2) is 0 Å². The van der Waals surface area contributed by atoms with Gasteiger partial charge in [-0.05, 0) is 39.5 Å². The molecule has 0 saturated carbocycles. The molecule has 130 valence electrons. The van der Waals surface area contributed by atoms with Crippen molar-refractivity contribution in [3.8, 4) is 0 Å². The molecule has 3 heterocycles. The summed E-state index contributed by atoms with van der Waals surface area (Å²) < 4.78 is 5.26. The molecule has 2 amide bonds. The Bertz CT molecular complexity index is 660. The van der Waals surface area contributed by atoms with E-state index < -0.39 is 0 Å². The fraction of sp³-hybridized carbons (Fsp3) is 0.588. The molecular weight excluding hydrogens is 306 g/mol. The zero-order valence-electron chi connectivity index (χ0n) is 14.5. The van der Waals surface area contributed by atoms with Crippen LogP contribution in [0.5, 0.6) is 0 Å². The molecule has 2 N–H and O–H groups in total. The van der Waals surface area contributed by atoms with E-state index in [9.17, 15) is 4.79 Å². The number of hydrogen-bond acceptors (Lipinski definition) is 4. The lowest BCUT2D eigenvalue weighted by molar-refractivity contribution is 0.144. The highest BCUT2D eigenvalue weighted by molar-refractivity contribution is 5.75. The Morgan fingerprint density at radius 2 is 2.33 bits per heavy atom. The third-order valence-corrected chi connectivity index (χ3v) is 4.74. The van der Waals surface area contributed by atoms with E-state index in [0.29, 0.717) is 0 Å². The number of piperidine rings is 1. The molecule has 2 aromatic rings. The van der Waals surface area contributed by atoms with Gasteiger partial charge >= 0.3 is 6.03 Å². The number of rotatable bonds is 4. The second-order valence-electron chi connectivity index (χ2n) is 6.33. The summed E-state index contributed by atoms with van der Waals surface area (Å²) in [7, 11) is 0. The number of carbonyl (C=O) groups is 1. The topological polar surface area (TPSA) is 87.0 Å². The first-order chi connectivity index (χ1) is 11.6. The first-order valence-corrected chi connectivity index (χ1v) is 8.61. The molecule has 7 nitrogen and oxygen atoms in total. The predicted molar refractivity (Wildman–Crippen MR) is 89.4 cm³/mol. The van der Waals surface area contributed by atoms with Crippen LogP contribution in [0.3, 0.4) is 0 Å². The van der Waals surface area contributed by atoms with Crippen molar-refractivity contribution in [2.45, 2.75) is 58.5 Å². The highest BCUT2D eigenvalue weighted by atomic mass is 16.5. The van der Waals surface area contributed by atoms with E-state index in [1.54, 1.807) is 12.4 Å². The average Bonchev–Trinajstić information content (AvgIpc) is 3.23. The van der Waals surface area contributed by atoms with Gasteiger partial charge in [0.2, 0.25) is 0 Å². The van der Waals surface area contributed by atoms with E-state index in [1.165, 1.54) is 0 Å². The standard InChI is InChI=1S/C17H25N5O2/c1-4-13(15-11(2)21-24-12(15)3)20-17(23)22-10-6-5-7-14(22)16-18-8-9-19-16/h8-9,13-14H,4-7,10H2,1-3H3,(H,18,19)(H,20,23)/t13-,14-/m0/s1. The number of aromatic amines is 1. The van der Waals surface area contributed by atoms with Gasteiger partial charge in [-0.15, -0.1) is 0 Å². The first kappa shape index (κ1) is 16.5. The number of carbonyl (C=O) groups excluding carboxylic acids is 1. The number of likely N-dealkylation sites (tertiary alicyclic amines) is 1. The molecule has 7 heteroatoms. The van der Waals surface area contributed by atoms with Gasteiger partial charge in [0.1, 0.15) is 11.6 Å². The van der Waals surface area contributed by atoms with Crippen LogP contribution in [0, 0.1) is 13.8 Å². The Labute approximate surface area is 141 Å². The molecular formula is C17H25N5O2. The summed E-state index contributed by atoms with van der Waals surface area (Å²) in [5, 5.41) is 7.16. The summed E-state index contributed by atoms with van der Waals surface area (Å²) in [6.45, 7) is 6.59. The zero-order valence-corrected chi connectivity index (χ0v) is 14.5. The number of H-pyrrole nitrogens is 1. The molecule has 1 saturated heterocycles. The molecule has 0 bridgehead atoms. The number of amides is 2. The maximum Gasteiger partial charge on any atom is 0.318 e. The maximum absolute atomic E-state index is 12.9. The Kier molecular flexibility index (Phi) is 4.87. The van der Waals surface area contributed by atoms with Gasteiger partial charge in [-0.2, -0.15) is 0 Å². The second-order valence-corrected chi connectivity index (χ2v) is 6.33. The first-order valence-electron chi connectivity index (χ1n) is 8.61. The van der Waals surface area contributed by atoms with Crippen LogP contribution in [-0.2, 0) is 0 Å². The van der Waals surface area contributed by atoms with Crippen molar-refractivity contribution >= 4 is 6.03 Å².